The lowest BCUT2D eigenvalue weighted by atomic mass is 9.82. The van der Waals surface area contributed by atoms with E-state index >= 15 is 0 Å². The van der Waals surface area contributed by atoms with Crippen LogP contribution in [0, 0.1) is 6.92 Å². The summed E-state index contributed by atoms with van der Waals surface area (Å²) in [7, 11) is 0. The molecule has 0 radical (unpaired) electrons. The molecule has 6 aromatic carbocycles. The fraction of sp³-hybridized carbons (Fsp3) is 0.116. The quantitative estimate of drug-likeness (QED) is 0.193. The number of nitrogens with zero attached hydrogens (tertiary/aromatic N) is 1. The van der Waals surface area contributed by atoms with Gasteiger partial charge in [0, 0.05) is 22.5 Å². The summed E-state index contributed by atoms with van der Waals surface area (Å²) in [6.07, 6.45) is 1.89. The van der Waals surface area contributed by atoms with Crippen LogP contribution in [0.3, 0.4) is 0 Å². The predicted octanol–water partition coefficient (Wildman–Crippen LogP) is 12.4. The van der Waals surface area contributed by atoms with Gasteiger partial charge in [-0.2, -0.15) is 0 Å². The maximum Gasteiger partial charge on any atom is 0.0465 e. The zero-order valence-electron chi connectivity index (χ0n) is 25.0. The minimum absolute atomic E-state index is 0. The van der Waals surface area contributed by atoms with E-state index in [0.29, 0.717) is 0 Å². The van der Waals surface area contributed by atoms with E-state index in [4.69, 9.17) is 0 Å². The molecule has 0 bridgehead atoms. The molecule has 0 aliphatic heterocycles. The number of anilines is 3. The van der Waals surface area contributed by atoms with Gasteiger partial charge in [0.2, 0.25) is 0 Å². The highest BCUT2D eigenvalue weighted by Gasteiger charge is 2.35. The third-order valence-electron chi connectivity index (χ3n) is 8.91. The summed E-state index contributed by atoms with van der Waals surface area (Å²) in [5.74, 6) is 0. The topological polar surface area (TPSA) is 3.24 Å². The van der Waals surface area contributed by atoms with E-state index in [9.17, 15) is 0 Å². The highest BCUT2D eigenvalue weighted by Crippen LogP contribution is 2.50. The van der Waals surface area contributed by atoms with Gasteiger partial charge >= 0.3 is 0 Å². The molecule has 0 amide bonds. The van der Waals surface area contributed by atoms with Crippen molar-refractivity contribution < 1.29 is 0 Å². The highest BCUT2D eigenvalue weighted by atomic mass is 15.1. The Morgan fingerprint density at radius 1 is 0.523 bits per heavy atom. The van der Waals surface area contributed by atoms with Crippen LogP contribution in [0.5, 0.6) is 0 Å². The summed E-state index contributed by atoms with van der Waals surface area (Å²) >= 11 is 0. The molecule has 0 aromatic heterocycles. The van der Waals surface area contributed by atoms with Crippen molar-refractivity contribution in [1.29, 1.82) is 0 Å². The Morgan fingerprint density at radius 2 is 1.07 bits per heavy atom. The molecular weight excluding hydrogens is 530 g/mol. The van der Waals surface area contributed by atoms with Crippen molar-refractivity contribution in [3.63, 3.8) is 0 Å². The lowest BCUT2D eigenvalue weighted by Crippen LogP contribution is -2.16. The van der Waals surface area contributed by atoms with Gasteiger partial charge in [0.05, 0.1) is 0 Å². The van der Waals surface area contributed by atoms with E-state index in [1.54, 1.807) is 0 Å². The van der Waals surface area contributed by atoms with Gasteiger partial charge in [0.25, 0.3) is 0 Å². The Bertz CT molecular complexity index is 1940. The van der Waals surface area contributed by atoms with Crippen LogP contribution < -0.4 is 4.90 Å². The number of hydrogen-bond acceptors (Lipinski definition) is 1. The average molecular weight is 570 g/mol. The predicted molar refractivity (Wildman–Crippen MR) is 191 cm³/mol. The van der Waals surface area contributed by atoms with Crippen molar-refractivity contribution in [3.8, 4) is 33.4 Å². The van der Waals surface area contributed by atoms with Crippen molar-refractivity contribution in [1.82, 2.24) is 0 Å². The molecule has 0 saturated carbocycles. The molecule has 1 aliphatic rings. The molecule has 0 N–H and O–H groups in total. The molecule has 0 heterocycles. The Hall–Kier alpha value is -5.14. The summed E-state index contributed by atoms with van der Waals surface area (Å²) in [6.45, 7) is 10.8. The molecule has 216 valence electrons. The SMILES string of the molecule is C.C=Cc1ccc(N(c2ccc(-c3ccc(-c4cccc(C)c4)cc3)cc2)c2ccc3c(c2)C(C)(C)c2ccccc2-3)cc1. The fourth-order valence-corrected chi connectivity index (χ4v) is 6.52. The van der Waals surface area contributed by atoms with Gasteiger partial charge in [-0.1, -0.05) is 143 Å². The molecule has 1 nitrogen and oxygen atoms in total. The molecule has 0 saturated heterocycles. The summed E-state index contributed by atoms with van der Waals surface area (Å²) in [5, 5.41) is 0. The van der Waals surface area contributed by atoms with Crippen LogP contribution in [0.15, 0.2) is 146 Å². The summed E-state index contributed by atoms with van der Waals surface area (Å²) in [6, 6.07) is 50.9. The van der Waals surface area contributed by atoms with Crippen molar-refractivity contribution in [2.24, 2.45) is 0 Å². The van der Waals surface area contributed by atoms with Crippen molar-refractivity contribution in [2.45, 2.75) is 33.6 Å². The lowest BCUT2D eigenvalue weighted by molar-refractivity contribution is 0.660. The minimum Gasteiger partial charge on any atom is -0.310 e. The van der Waals surface area contributed by atoms with E-state index < -0.39 is 0 Å². The molecular formula is C43H39N. The van der Waals surface area contributed by atoms with E-state index in [1.807, 2.05) is 6.08 Å². The van der Waals surface area contributed by atoms with E-state index in [0.717, 1.165) is 22.6 Å². The van der Waals surface area contributed by atoms with Gasteiger partial charge in [-0.15, -0.1) is 0 Å². The Balaban J connectivity index is 0.00000343. The van der Waals surface area contributed by atoms with Crippen LogP contribution in [0.25, 0.3) is 39.5 Å². The lowest BCUT2D eigenvalue weighted by Gasteiger charge is -2.28. The molecule has 7 rings (SSSR count). The number of hydrogen-bond donors (Lipinski definition) is 0. The van der Waals surface area contributed by atoms with E-state index in [-0.39, 0.29) is 12.8 Å². The van der Waals surface area contributed by atoms with Gasteiger partial charge in [-0.05, 0) is 93.4 Å². The van der Waals surface area contributed by atoms with Gasteiger partial charge in [0.1, 0.15) is 0 Å². The molecule has 0 unspecified atom stereocenters. The summed E-state index contributed by atoms with van der Waals surface area (Å²) in [4.78, 5) is 2.36. The first kappa shape index (κ1) is 29.0. The second-order valence-corrected chi connectivity index (χ2v) is 12.0. The molecule has 0 atom stereocenters. The van der Waals surface area contributed by atoms with Crippen molar-refractivity contribution in [2.75, 3.05) is 4.90 Å². The van der Waals surface area contributed by atoms with Crippen LogP contribution in [0.1, 0.15) is 43.5 Å². The monoisotopic (exact) mass is 569 g/mol. The van der Waals surface area contributed by atoms with E-state index in [1.165, 1.54) is 50.1 Å². The summed E-state index contributed by atoms with van der Waals surface area (Å²) < 4.78 is 0. The first-order valence-corrected chi connectivity index (χ1v) is 15.0. The van der Waals surface area contributed by atoms with Crippen LogP contribution in [0.2, 0.25) is 0 Å². The number of benzene rings is 6. The van der Waals surface area contributed by atoms with Gasteiger partial charge in [-0.25, -0.2) is 0 Å². The third-order valence-corrected chi connectivity index (χ3v) is 8.91. The maximum absolute atomic E-state index is 3.95. The Morgan fingerprint density at radius 3 is 1.70 bits per heavy atom. The molecule has 1 heteroatoms. The van der Waals surface area contributed by atoms with E-state index in [2.05, 4.69) is 172 Å². The maximum atomic E-state index is 3.95. The largest absolute Gasteiger partial charge is 0.310 e. The van der Waals surface area contributed by atoms with Crippen LogP contribution in [0.4, 0.5) is 17.1 Å². The molecule has 44 heavy (non-hydrogen) atoms. The minimum atomic E-state index is -0.0607. The summed E-state index contributed by atoms with van der Waals surface area (Å²) in [5.41, 5.74) is 16.0. The average Bonchev–Trinajstić information content (AvgIpc) is 3.28. The third kappa shape index (κ3) is 5.05. The Kier molecular flexibility index (Phi) is 7.57. The molecule has 6 aromatic rings. The van der Waals surface area contributed by atoms with Crippen molar-refractivity contribution >= 4 is 23.1 Å². The van der Waals surface area contributed by atoms with Gasteiger partial charge in [0.15, 0.2) is 0 Å². The van der Waals surface area contributed by atoms with Gasteiger partial charge in [-0.3, -0.25) is 0 Å². The zero-order chi connectivity index (χ0) is 29.6. The number of rotatable bonds is 6. The molecule has 0 spiro atoms. The van der Waals surface area contributed by atoms with Gasteiger partial charge < -0.3 is 4.90 Å². The number of aryl methyl sites for hydroxylation is 1. The smallest absolute Gasteiger partial charge is 0.0465 e. The fourth-order valence-electron chi connectivity index (χ4n) is 6.52. The second-order valence-electron chi connectivity index (χ2n) is 12.0. The molecule has 0 fully saturated rings. The zero-order valence-corrected chi connectivity index (χ0v) is 25.0. The normalized spacial score (nSPS) is 12.5. The standard InChI is InChI=1S/C42H35N.CH4/c1-5-30-13-21-35(22-14-30)43(37-25-26-39-38-11-6-7-12-40(38)42(3,4)41(39)28-37)36-23-19-32(20-24-36)31-15-17-33(18-16-31)34-10-8-9-29(2)27-34;/h5-28H,1H2,2-4H3;1H4. The second kappa shape index (κ2) is 11.5. The Labute approximate surface area is 262 Å². The first-order valence-electron chi connectivity index (χ1n) is 15.0. The van der Waals surface area contributed by atoms with Crippen LogP contribution in [-0.4, -0.2) is 0 Å². The molecule has 1 aliphatic carbocycles. The van der Waals surface area contributed by atoms with Crippen LogP contribution in [-0.2, 0) is 5.41 Å². The van der Waals surface area contributed by atoms with Crippen LogP contribution >= 0.6 is 0 Å². The highest BCUT2D eigenvalue weighted by molar-refractivity contribution is 5.86. The number of fused-ring (bicyclic) bond motifs is 3. The van der Waals surface area contributed by atoms with Crippen molar-refractivity contribution in [3.05, 3.63) is 168 Å². The first-order chi connectivity index (χ1) is 20.9.